The van der Waals surface area contributed by atoms with E-state index in [0.717, 1.165) is 16.8 Å². The highest BCUT2D eigenvalue weighted by Crippen LogP contribution is 2.31. The second-order valence-corrected chi connectivity index (χ2v) is 5.91. The van der Waals surface area contributed by atoms with Crippen molar-refractivity contribution in [2.75, 3.05) is 17.7 Å². The summed E-state index contributed by atoms with van der Waals surface area (Å²) < 4.78 is 1.46. The Kier molecular flexibility index (Phi) is 4.87. The second-order valence-electron chi connectivity index (χ2n) is 5.60. The third-order valence-corrected chi connectivity index (χ3v) is 4.18. The maximum Gasteiger partial charge on any atom is 0.357 e. The number of alkyl halides is 1. The number of nitrogens with one attached hydrogen (secondary N) is 1. The topological polar surface area (TPSA) is 100 Å². The van der Waals surface area contributed by atoms with Crippen molar-refractivity contribution in [3.05, 3.63) is 42.2 Å². The molecule has 0 fully saturated rings. The molecule has 0 saturated heterocycles. The molecule has 0 aliphatic carbocycles. The van der Waals surface area contributed by atoms with Crippen molar-refractivity contribution in [3.8, 4) is 11.1 Å². The molecule has 0 radical (unpaired) electrons. The molecule has 0 saturated carbocycles. The fourth-order valence-electron chi connectivity index (χ4n) is 2.65. The minimum Gasteiger partial charge on any atom is -0.476 e. The van der Waals surface area contributed by atoms with Crippen LogP contribution in [-0.4, -0.2) is 49.5 Å². The Morgan fingerprint density at radius 1 is 1.40 bits per heavy atom. The van der Waals surface area contributed by atoms with Crippen LogP contribution in [0.2, 0.25) is 0 Å². The smallest absolute Gasteiger partial charge is 0.357 e. The summed E-state index contributed by atoms with van der Waals surface area (Å²) in [6, 6.07) is 9.26. The second kappa shape index (κ2) is 7.08. The molecule has 1 unspecified atom stereocenters. The van der Waals surface area contributed by atoms with Gasteiger partial charge >= 0.3 is 5.97 Å². The first-order valence-electron chi connectivity index (χ1n) is 7.64. The molecule has 0 aliphatic rings. The summed E-state index contributed by atoms with van der Waals surface area (Å²) in [5, 5.41) is 26.7. The molecule has 0 spiro atoms. The summed E-state index contributed by atoms with van der Waals surface area (Å²) in [5.41, 5.74) is 2.83. The molecule has 25 heavy (non-hydrogen) atoms. The number of aryl methyl sites for hydroxylation is 1. The zero-order chi connectivity index (χ0) is 18.0. The van der Waals surface area contributed by atoms with Crippen molar-refractivity contribution in [2.24, 2.45) is 7.05 Å². The van der Waals surface area contributed by atoms with Crippen LogP contribution in [0.1, 0.15) is 10.5 Å². The van der Waals surface area contributed by atoms with Crippen molar-refractivity contribution in [3.63, 3.8) is 0 Å². The third kappa shape index (κ3) is 3.42. The summed E-state index contributed by atoms with van der Waals surface area (Å²) in [6.45, 7) is 0.325. The molecule has 3 aromatic rings. The summed E-state index contributed by atoms with van der Waals surface area (Å²) in [4.78, 5) is 15.8. The number of carboxylic acid groups (broad SMARTS) is 1. The van der Waals surface area contributed by atoms with E-state index in [0.29, 0.717) is 17.6 Å². The predicted octanol–water partition coefficient (Wildman–Crippen LogP) is 2.35. The van der Waals surface area contributed by atoms with Crippen LogP contribution in [0.15, 0.2) is 36.5 Å². The average molecular weight is 361 g/mol. The largest absolute Gasteiger partial charge is 0.476 e. The molecule has 1 atom stereocenters. The van der Waals surface area contributed by atoms with Gasteiger partial charge in [-0.25, -0.2) is 14.5 Å². The fraction of sp³-hybridized carbons (Fsp3) is 0.235. The number of hydrogen-bond donors (Lipinski definition) is 3. The number of aliphatic hydroxyl groups is 1. The summed E-state index contributed by atoms with van der Waals surface area (Å²) >= 11 is 5.60. The third-order valence-electron chi connectivity index (χ3n) is 3.82. The number of carbonyl (C=O) groups is 1. The number of anilines is 1. The quantitative estimate of drug-likeness (QED) is 0.583. The molecular formula is C17H17ClN4O3. The first kappa shape index (κ1) is 17.2. The van der Waals surface area contributed by atoms with Gasteiger partial charge in [-0.3, -0.25) is 0 Å². The van der Waals surface area contributed by atoms with Crippen LogP contribution < -0.4 is 5.32 Å². The van der Waals surface area contributed by atoms with Crippen LogP contribution in [0.25, 0.3) is 22.2 Å². The van der Waals surface area contributed by atoms with Crippen LogP contribution in [0.5, 0.6) is 0 Å². The first-order chi connectivity index (χ1) is 12.0. The Hall–Kier alpha value is -2.64. The number of aliphatic hydroxyl groups excluding tert-OH is 1. The van der Waals surface area contributed by atoms with Crippen LogP contribution >= 0.6 is 11.6 Å². The molecule has 3 rings (SSSR count). The summed E-state index contributed by atoms with van der Waals surface area (Å²) in [6.07, 6.45) is 0.984. The summed E-state index contributed by atoms with van der Waals surface area (Å²) in [7, 11) is 1.66. The minimum atomic E-state index is -1.10. The van der Waals surface area contributed by atoms with Gasteiger partial charge < -0.3 is 15.5 Å². The van der Waals surface area contributed by atoms with Crippen molar-refractivity contribution in [1.82, 2.24) is 14.8 Å². The lowest BCUT2D eigenvalue weighted by atomic mass is 10.0. The van der Waals surface area contributed by atoms with Gasteiger partial charge in [-0.05, 0) is 29.3 Å². The van der Waals surface area contributed by atoms with E-state index in [1.807, 2.05) is 24.3 Å². The van der Waals surface area contributed by atoms with Gasteiger partial charge in [-0.1, -0.05) is 12.1 Å². The lowest BCUT2D eigenvalue weighted by Crippen LogP contribution is -2.20. The molecule has 8 heteroatoms. The monoisotopic (exact) mass is 360 g/mol. The predicted molar refractivity (Wildman–Crippen MR) is 96.1 cm³/mol. The van der Waals surface area contributed by atoms with Gasteiger partial charge in [0.05, 0.1) is 17.4 Å². The van der Waals surface area contributed by atoms with Gasteiger partial charge in [0, 0.05) is 25.5 Å². The molecule has 0 aliphatic heterocycles. The number of hydrogen-bond acceptors (Lipinski definition) is 5. The zero-order valence-corrected chi connectivity index (χ0v) is 14.2. The minimum absolute atomic E-state index is 0.0310. The Balaban J connectivity index is 2.06. The number of fused-ring (bicyclic) bond motifs is 1. The molecular weight excluding hydrogens is 344 g/mol. The van der Waals surface area contributed by atoms with Crippen LogP contribution in [-0.2, 0) is 7.05 Å². The van der Waals surface area contributed by atoms with Crippen LogP contribution in [0, 0.1) is 0 Å². The number of pyridine rings is 1. The normalized spacial score (nSPS) is 12.3. The SMILES string of the molecule is Cn1nc(C(=O)O)c2c(-c3cccc(NCC(O)CCl)c3)ccnc21. The van der Waals surface area contributed by atoms with E-state index in [9.17, 15) is 15.0 Å². The van der Waals surface area contributed by atoms with Gasteiger partial charge in [0.1, 0.15) is 0 Å². The van der Waals surface area contributed by atoms with Gasteiger partial charge in [-0.2, -0.15) is 5.10 Å². The van der Waals surface area contributed by atoms with Gasteiger partial charge in [0.2, 0.25) is 0 Å². The highest BCUT2D eigenvalue weighted by atomic mass is 35.5. The number of aromatic carboxylic acids is 1. The Bertz CT molecular complexity index is 925. The number of nitrogens with zero attached hydrogens (tertiary/aromatic N) is 3. The zero-order valence-electron chi connectivity index (χ0n) is 13.5. The molecule has 7 nitrogen and oxygen atoms in total. The van der Waals surface area contributed by atoms with Gasteiger partial charge in [0.15, 0.2) is 11.3 Å². The maximum atomic E-state index is 11.5. The number of carboxylic acids is 1. The summed E-state index contributed by atoms with van der Waals surface area (Å²) in [5.74, 6) is -0.950. The van der Waals surface area contributed by atoms with Crippen LogP contribution in [0.3, 0.4) is 0 Å². The van der Waals surface area contributed by atoms with Gasteiger partial charge in [0.25, 0.3) is 0 Å². The number of aromatic nitrogens is 3. The fourth-order valence-corrected chi connectivity index (χ4v) is 2.76. The Morgan fingerprint density at radius 3 is 2.92 bits per heavy atom. The van der Waals surface area contributed by atoms with E-state index in [2.05, 4.69) is 15.4 Å². The highest BCUT2D eigenvalue weighted by molar-refractivity contribution is 6.18. The number of benzene rings is 1. The first-order valence-corrected chi connectivity index (χ1v) is 8.18. The van der Waals surface area contributed by atoms with Crippen molar-refractivity contribution >= 4 is 34.3 Å². The van der Waals surface area contributed by atoms with Crippen molar-refractivity contribution < 1.29 is 15.0 Å². The van der Waals surface area contributed by atoms with Crippen molar-refractivity contribution in [2.45, 2.75) is 6.10 Å². The molecule has 2 aromatic heterocycles. The molecule has 2 heterocycles. The molecule has 1 aromatic carbocycles. The van der Waals surface area contributed by atoms with Gasteiger partial charge in [-0.15, -0.1) is 11.6 Å². The van der Waals surface area contributed by atoms with E-state index >= 15 is 0 Å². The highest BCUT2D eigenvalue weighted by Gasteiger charge is 2.20. The maximum absolute atomic E-state index is 11.5. The molecule has 0 amide bonds. The molecule has 0 bridgehead atoms. The van der Waals surface area contributed by atoms with Crippen LogP contribution in [0.4, 0.5) is 5.69 Å². The standard InChI is InChI=1S/C17H17ClN4O3/c1-22-16-14(15(21-22)17(24)25)13(5-6-19-16)10-3-2-4-11(7-10)20-9-12(23)8-18/h2-7,12,20,23H,8-9H2,1H3,(H,24,25). The average Bonchev–Trinajstić information content (AvgIpc) is 2.97. The Morgan fingerprint density at radius 2 is 2.20 bits per heavy atom. The Labute approximate surface area is 148 Å². The lowest BCUT2D eigenvalue weighted by molar-refractivity contribution is 0.0691. The van der Waals surface area contributed by atoms with E-state index in [-0.39, 0.29) is 11.6 Å². The number of rotatable bonds is 6. The number of halogens is 1. The molecule has 130 valence electrons. The molecule has 3 N–H and O–H groups in total. The lowest BCUT2D eigenvalue weighted by Gasteiger charge is -2.11. The van der Waals surface area contributed by atoms with E-state index in [4.69, 9.17) is 11.6 Å². The van der Waals surface area contributed by atoms with E-state index in [1.54, 1.807) is 19.3 Å². The van der Waals surface area contributed by atoms with E-state index < -0.39 is 12.1 Å². The van der Waals surface area contributed by atoms with Crippen molar-refractivity contribution in [1.29, 1.82) is 0 Å². The van der Waals surface area contributed by atoms with E-state index in [1.165, 1.54) is 4.68 Å².